The van der Waals surface area contributed by atoms with Gasteiger partial charge in [-0.2, -0.15) is 0 Å². The van der Waals surface area contributed by atoms with E-state index in [1.165, 1.54) is 18.2 Å². The lowest BCUT2D eigenvalue weighted by Gasteiger charge is -2.12. The van der Waals surface area contributed by atoms with Crippen LogP contribution in [0, 0.1) is 5.82 Å². The lowest BCUT2D eigenvalue weighted by atomic mass is 10.1. The van der Waals surface area contributed by atoms with Gasteiger partial charge in [0.05, 0.1) is 11.9 Å². The predicted octanol–water partition coefficient (Wildman–Crippen LogP) is 2.06. The van der Waals surface area contributed by atoms with Crippen LogP contribution in [0.15, 0.2) is 22.7 Å². The van der Waals surface area contributed by atoms with Crippen molar-refractivity contribution in [1.82, 2.24) is 0 Å². The third-order valence-corrected chi connectivity index (χ3v) is 3.75. The minimum atomic E-state index is -3.10. The van der Waals surface area contributed by atoms with Crippen LogP contribution in [0.25, 0.3) is 0 Å². The summed E-state index contributed by atoms with van der Waals surface area (Å²) in [5, 5.41) is 9.74. The Morgan fingerprint density at radius 2 is 2.12 bits per heavy atom. The topological polar surface area (TPSA) is 54.4 Å². The molecule has 6 heteroatoms. The van der Waals surface area contributed by atoms with Crippen molar-refractivity contribution in [3.63, 3.8) is 0 Å². The van der Waals surface area contributed by atoms with Crippen molar-refractivity contribution < 1.29 is 17.9 Å². The minimum absolute atomic E-state index is 0.0992. The van der Waals surface area contributed by atoms with Crippen LogP contribution < -0.4 is 0 Å². The smallest absolute Gasteiger partial charge is 0.147 e. The Morgan fingerprint density at radius 1 is 1.50 bits per heavy atom. The number of sulfone groups is 1. The number of aliphatic hydroxyl groups is 1. The van der Waals surface area contributed by atoms with E-state index in [0.29, 0.717) is 10.0 Å². The molecule has 0 heterocycles. The van der Waals surface area contributed by atoms with Gasteiger partial charge in [0.25, 0.3) is 0 Å². The van der Waals surface area contributed by atoms with Gasteiger partial charge in [0, 0.05) is 10.7 Å². The lowest BCUT2D eigenvalue weighted by molar-refractivity contribution is 0.173. The highest BCUT2D eigenvalue weighted by molar-refractivity contribution is 9.10. The van der Waals surface area contributed by atoms with Gasteiger partial charge in [-0.1, -0.05) is 22.0 Å². The molecule has 3 nitrogen and oxygen atoms in total. The van der Waals surface area contributed by atoms with Gasteiger partial charge in [-0.3, -0.25) is 0 Å². The predicted molar refractivity (Wildman–Crippen MR) is 63.4 cm³/mol. The van der Waals surface area contributed by atoms with E-state index in [-0.39, 0.29) is 12.2 Å². The average Bonchev–Trinajstić information content (AvgIpc) is 2.13. The molecule has 1 N–H and O–H groups in total. The van der Waals surface area contributed by atoms with E-state index in [1.54, 1.807) is 0 Å². The van der Waals surface area contributed by atoms with Crippen LogP contribution >= 0.6 is 15.9 Å². The monoisotopic (exact) mass is 310 g/mol. The molecule has 0 fully saturated rings. The molecular formula is C10H12BrFO3S. The minimum Gasteiger partial charge on any atom is -0.388 e. The molecule has 0 bridgehead atoms. The Morgan fingerprint density at radius 3 is 2.62 bits per heavy atom. The lowest BCUT2D eigenvalue weighted by Crippen LogP contribution is -2.08. The molecule has 0 aromatic heterocycles. The van der Waals surface area contributed by atoms with Gasteiger partial charge in [0.1, 0.15) is 15.7 Å². The highest BCUT2D eigenvalue weighted by Crippen LogP contribution is 2.26. The molecule has 0 spiro atoms. The second kappa shape index (κ2) is 5.25. The van der Waals surface area contributed by atoms with E-state index in [9.17, 15) is 17.9 Å². The summed E-state index contributed by atoms with van der Waals surface area (Å²) in [5.41, 5.74) is 0.491. The third kappa shape index (κ3) is 4.19. The van der Waals surface area contributed by atoms with Gasteiger partial charge in [0.15, 0.2) is 0 Å². The van der Waals surface area contributed by atoms with Gasteiger partial charge < -0.3 is 5.11 Å². The molecule has 90 valence electrons. The summed E-state index contributed by atoms with van der Waals surface area (Å²) < 4.78 is 35.1. The van der Waals surface area contributed by atoms with Crippen molar-refractivity contribution in [3.05, 3.63) is 34.1 Å². The van der Waals surface area contributed by atoms with E-state index in [1.807, 2.05) is 0 Å². The van der Waals surface area contributed by atoms with E-state index in [0.717, 1.165) is 6.26 Å². The first-order valence-corrected chi connectivity index (χ1v) is 7.45. The van der Waals surface area contributed by atoms with Crippen molar-refractivity contribution in [2.75, 3.05) is 12.0 Å². The zero-order chi connectivity index (χ0) is 12.3. The molecule has 1 aromatic rings. The quantitative estimate of drug-likeness (QED) is 0.926. The van der Waals surface area contributed by atoms with Crippen LogP contribution in [0.4, 0.5) is 4.39 Å². The van der Waals surface area contributed by atoms with Crippen LogP contribution in [0.2, 0.25) is 0 Å². The summed E-state index contributed by atoms with van der Waals surface area (Å²) in [6, 6.07) is 3.90. The number of halogens is 2. The molecule has 16 heavy (non-hydrogen) atoms. The van der Waals surface area contributed by atoms with Gasteiger partial charge >= 0.3 is 0 Å². The summed E-state index contributed by atoms with van der Waals surface area (Å²) >= 11 is 3.12. The van der Waals surface area contributed by atoms with Gasteiger partial charge in [-0.15, -0.1) is 0 Å². The van der Waals surface area contributed by atoms with Crippen molar-refractivity contribution >= 4 is 25.8 Å². The number of hydrogen-bond donors (Lipinski definition) is 1. The summed E-state index contributed by atoms with van der Waals surface area (Å²) in [7, 11) is -3.10. The number of benzene rings is 1. The standard InChI is InChI=1S/C10H12BrFO3S/c1-16(14,15)5-4-10(13)8-3-2-7(12)6-9(8)11/h2-3,6,10,13H,4-5H2,1H3. The summed E-state index contributed by atoms with van der Waals surface area (Å²) in [6.45, 7) is 0. The zero-order valence-corrected chi connectivity index (χ0v) is 11.1. The Hall–Kier alpha value is -0.460. The molecule has 0 aliphatic heterocycles. The molecule has 0 saturated heterocycles. The first-order chi connectivity index (χ1) is 7.29. The maximum absolute atomic E-state index is 12.8. The van der Waals surface area contributed by atoms with Crippen molar-refractivity contribution in [1.29, 1.82) is 0 Å². The normalized spacial score (nSPS) is 13.8. The number of hydrogen-bond acceptors (Lipinski definition) is 3. The molecule has 0 amide bonds. The SMILES string of the molecule is CS(=O)(=O)CCC(O)c1ccc(F)cc1Br. The fourth-order valence-electron chi connectivity index (χ4n) is 1.25. The summed E-state index contributed by atoms with van der Waals surface area (Å²) in [4.78, 5) is 0. The fraction of sp³-hybridized carbons (Fsp3) is 0.400. The third-order valence-electron chi connectivity index (χ3n) is 2.08. The molecule has 0 aliphatic carbocycles. The molecular weight excluding hydrogens is 299 g/mol. The summed E-state index contributed by atoms with van der Waals surface area (Å²) in [6.07, 6.45) is 0.298. The van der Waals surface area contributed by atoms with E-state index < -0.39 is 21.8 Å². The molecule has 1 aromatic carbocycles. The molecule has 1 atom stereocenters. The van der Waals surface area contributed by atoms with E-state index in [2.05, 4.69) is 15.9 Å². The largest absolute Gasteiger partial charge is 0.388 e. The first kappa shape index (κ1) is 13.6. The Kier molecular flexibility index (Phi) is 4.46. The van der Waals surface area contributed by atoms with Gasteiger partial charge in [-0.05, 0) is 24.1 Å². The molecule has 1 rings (SSSR count). The Labute approximate surface area is 102 Å². The maximum Gasteiger partial charge on any atom is 0.147 e. The summed E-state index contributed by atoms with van der Waals surface area (Å²) in [5.74, 6) is -0.510. The number of aliphatic hydroxyl groups excluding tert-OH is 1. The van der Waals surface area contributed by atoms with Crippen molar-refractivity contribution in [2.24, 2.45) is 0 Å². The van der Waals surface area contributed by atoms with Crippen LogP contribution in [-0.4, -0.2) is 25.5 Å². The fourth-order valence-corrected chi connectivity index (χ4v) is 2.52. The average molecular weight is 311 g/mol. The highest BCUT2D eigenvalue weighted by atomic mass is 79.9. The van der Waals surface area contributed by atoms with Gasteiger partial charge in [0.2, 0.25) is 0 Å². The van der Waals surface area contributed by atoms with Crippen molar-refractivity contribution in [3.8, 4) is 0 Å². The van der Waals surface area contributed by atoms with Crippen molar-refractivity contribution in [2.45, 2.75) is 12.5 Å². The van der Waals surface area contributed by atoms with Crippen LogP contribution in [-0.2, 0) is 9.84 Å². The molecule has 1 unspecified atom stereocenters. The maximum atomic E-state index is 12.8. The zero-order valence-electron chi connectivity index (χ0n) is 8.65. The first-order valence-electron chi connectivity index (χ1n) is 4.60. The molecule has 0 radical (unpaired) electrons. The van der Waals surface area contributed by atoms with Crippen LogP contribution in [0.5, 0.6) is 0 Å². The highest BCUT2D eigenvalue weighted by Gasteiger charge is 2.14. The Balaban J connectivity index is 2.77. The second-order valence-corrected chi connectivity index (χ2v) is 6.71. The molecule has 0 aliphatic rings. The van der Waals surface area contributed by atoms with E-state index >= 15 is 0 Å². The van der Waals surface area contributed by atoms with Crippen LogP contribution in [0.1, 0.15) is 18.1 Å². The van der Waals surface area contributed by atoms with Gasteiger partial charge in [-0.25, -0.2) is 12.8 Å². The Bertz CT molecular complexity index is 473. The molecule has 0 saturated carbocycles. The van der Waals surface area contributed by atoms with E-state index in [4.69, 9.17) is 0 Å². The van der Waals surface area contributed by atoms with Crippen LogP contribution in [0.3, 0.4) is 0 Å². The second-order valence-electron chi connectivity index (χ2n) is 3.60. The number of rotatable bonds is 4.